The summed E-state index contributed by atoms with van der Waals surface area (Å²) in [6, 6.07) is 7.53. The Bertz CT molecular complexity index is 836. The number of carbonyl (C=O) groups is 2. The van der Waals surface area contributed by atoms with Crippen LogP contribution in [0.15, 0.2) is 36.5 Å². The zero-order valence-corrected chi connectivity index (χ0v) is 14.1. The lowest BCUT2D eigenvalue weighted by Gasteiger charge is -2.34. The van der Waals surface area contributed by atoms with Crippen LogP contribution in [0.4, 0.5) is 8.78 Å². The standard InChI is InChI=1S/C18H17F2N3O3/c1-26-15-5-3-2-4-13(15)17(24)22-6-8-23(9-7-22)18(25)16-14(20)10-12(19)11-21-16/h2-5,10-11H,6-9H2,1H3. The lowest BCUT2D eigenvalue weighted by molar-refractivity contribution is 0.0527. The Morgan fingerprint density at radius 3 is 2.27 bits per heavy atom. The second-order valence-corrected chi connectivity index (χ2v) is 5.77. The Morgan fingerprint density at radius 2 is 1.65 bits per heavy atom. The third kappa shape index (κ3) is 3.49. The van der Waals surface area contributed by atoms with Crippen LogP contribution in [0.1, 0.15) is 20.8 Å². The smallest absolute Gasteiger partial charge is 0.275 e. The number of hydrogen-bond acceptors (Lipinski definition) is 4. The fourth-order valence-corrected chi connectivity index (χ4v) is 2.83. The molecule has 2 heterocycles. The molecule has 0 saturated carbocycles. The van der Waals surface area contributed by atoms with Crippen LogP contribution in [-0.4, -0.2) is 59.9 Å². The maximum atomic E-state index is 13.7. The number of amides is 2. The predicted octanol–water partition coefficient (Wildman–Crippen LogP) is 1.97. The van der Waals surface area contributed by atoms with Gasteiger partial charge in [-0.25, -0.2) is 13.8 Å². The van der Waals surface area contributed by atoms with Gasteiger partial charge in [-0.05, 0) is 12.1 Å². The highest BCUT2D eigenvalue weighted by atomic mass is 19.1. The molecule has 3 rings (SSSR count). The van der Waals surface area contributed by atoms with Gasteiger partial charge in [0, 0.05) is 32.2 Å². The third-order valence-corrected chi connectivity index (χ3v) is 4.20. The van der Waals surface area contributed by atoms with E-state index in [9.17, 15) is 18.4 Å². The fraction of sp³-hybridized carbons (Fsp3) is 0.278. The van der Waals surface area contributed by atoms with E-state index in [1.165, 1.54) is 12.0 Å². The van der Waals surface area contributed by atoms with Crippen molar-refractivity contribution in [3.63, 3.8) is 0 Å². The Labute approximate surface area is 149 Å². The summed E-state index contributed by atoms with van der Waals surface area (Å²) in [5.74, 6) is -2.17. The van der Waals surface area contributed by atoms with Crippen molar-refractivity contribution < 1.29 is 23.1 Å². The number of para-hydroxylation sites is 1. The molecule has 136 valence electrons. The highest BCUT2D eigenvalue weighted by Gasteiger charge is 2.28. The molecule has 2 aromatic rings. The number of carbonyl (C=O) groups excluding carboxylic acids is 2. The first-order valence-corrected chi connectivity index (χ1v) is 8.04. The molecule has 6 nitrogen and oxygen atoms in total. The van der Waals surface area contributed by atoms with Crippen LogP contribution < -0.4 is 4.74 Å². The van der Waals surface area contributed by atoms with Gasteiger partial charge < -0.3 is 14.5 Å². The summed E-state index contributed by atoms with van der Waals surface area (Å²) in [5, 5.41) is 0. The summed E-state index contributed by atoms with van der Waals surface area (Å²) < 4.78 is 31.9. The lowest BCUT2D eigenvalue weighted by Crippen LogP contribution is -2.51. The van der Waals surface area contributed by atoms with E-state index in [0.29, 0.717) is 30.5 Å². The van der Waals surface area contributed by atoms with E-state index >= 15 is 0 Å². The fourth-order valence-electron chi connectivity index (χ4n) is 2.83. The normalized spacial score (nSPS) is 14.3. The maximum absolute atomic E-state index is 13.7. The van der Waals surface area contributed by atoms with E-state index in [1.54, 1.807) is 29.2 Å². The summed E-state index contributed by atoms with van der Waals surface area (Å²) in [5.41, 5.74) is 0.0249. The molecule has 1 fully saturated rings. The quantitative estimate of drug-likeness (QED) is 0.839. The van der Waals surface area contributed by atoms with Gasteiger partial charge in [0.2, 0.25) is 0 Å². The van der Waals surface area contributed by atoms with E-state index in [0.717, 1.165) is 6.20 Å². The molecule has 1 aliphatic heterocycles. The number of piperazine rings is 1. The molecule has 1 saturated heterocycles. The van der Waals surface area contributed by atoms with Gasteiger partial charge in [0.05, 0.1) is 18.9 Å². The summed E-state index contributed by atoms with van der Waals surface area (Å²) in [4.78, 5) is 31.5. The molecule has 0 bridgehead atoms. The second-order valence-electron chi connectivity index (χ2n) is 5.77. The molecule has 0 spiro atoms. The average molecular weight is 361 g/mol. The van der Waals surface area contributed by atoms with Gasteiger partial charge in [0.1, 0.15) is 11.6 Å². The van der Waals surface area contributed by atoms with Crippen molar-refractivity contribution in [1.82, 2.24) is 14.8 Å². The number of nitrogens with zero attached hydrogens (tertiary/aromatic N) is 3. The second kappa shape index (κ2) is 7.47. The van der Waals surface area contributed by atoms with Crippen LogP contribution in [0.25, 0.3) is 0 Å². The van der Waals surface area contributed by atoms with E-state index in [4.69, 9.17) is 4.74 Å². The van der Waals surface area contributed by atoms with Crippen molar-refractivity contribution in [3.8, 4) is 5.75 Å². The van der Waals surface area contributed by atoms with Gasteiger partial charge in [0.25, 0.3) is 11.8 Å². The number of pyridine rings is 1. The molecule has 2 amide bonds. The predicted molar refractivity (Wildman–Crippen MR) is 89.0 cm³/mol. The molecule has 1 aliphatic rings. The van der Waals surface area contributed by atoms with E-state index < -0.39 is 23.2 Å². The Hall–Kier alpha value is -3.03. The van der Waals surface area contributed by atoms with Crippen LogP contribution >= 0.6 is 0 Å². The molecule has 0 aliphatic carbocycles. The van der Waals surface area contributed by atoms with Gasteiger partial charge in [-0.15, -0.1) is 0 Å². The molecule has 0 N–H and O–H groups in total. The number of ether oxygens (including phenoxy) is 1. The molecule has 0 radical (unpaired) electrons. The Kier molecular flexibility index (Phi) is 5.11. The van der Waals surface area contributed by atoms with Crippen molar-refractivity contribution >= 4 is 11.8 Å². The monoisotopic (exact) mass is 361 g/mol. The van der Waals surface area contributed by atoms with Crippen LogP contribution in [0.5, 0.6) is 5.75 Å². The summed E-state index contributed by atoms with van der Waals surface area (Å²) >= 11 is 0. The summed E-state index contributed by atoms with van der Waals surface area (Å²) in [7, 11) is 1.49. The lowest BCUT2D eigenvalue weighted by atomic mass is 10.1. The molecule has 8 heteroatoms. The van der Waals surface area contributed by atoms with Crippen molar-refractivity contribution in [1.29, 1.82) is 0 Å². The summed E-state index contributed by atoms with van der Waals surface area (Å²) in [6.07, 6.45) is 0.803. The van der Waals surface area contributed by atoms with Gasteiger partial charge in [-0.1, -0.05) is 12.1 Å². The van der Waals surface area contributed by atoms with Crippen LogP contribution in [0.3, 0.4) is 0 Å². The van der Waals surface area contributed by atoms with Gasteiger partial charge in [0.15, 0.2) is 11.5 Å². The molecular formula is C18H17F2N3O3. The first-order chi connectivity index (χ1) is 12.5. The first kappa shape index (κ1) is 17.8. The maximum Gasteiger partial charge on any atom is 0.275 e. The van der Waals surface area contributed by atoms with E-state index in [-0.39, 0.29) is 19.0 Å². The average Bonchev–Trinajstić information content (AvgIpc) is 2.67. The Morgan fingerprint density at radius 1 is 1.04 bits per heavy atom. The van der Waals surface area contributed by atoms with Crippen LogP contribution in [-0.2, 0) is 0 Å². The molecular weight excluding hydrogens is 344 g/mol. The van der Waals surface area contributed by atoms with E-state index in [1.807, 2.05) is 0 Å². The first-order valence-electron chi connectivity index (χ1n) is 8.04. The van der Waals surface area contributed by atoms with Gasteiger partial charge in [-0.2, -0.15) is 0 Å². The van der Waals surface area contributed by atoms with Crippen molar-refractivity contribution in [2.75, 3.05) is 33.3 Å². The summed E-state index contributed by atoms with van der Waals surface area (Å²) in [6.45, 7) is 1.06. The molecule has 26 heavy (non-hydrogen) atoms. The van der Waals surface area contributed by atoms with Gasteiger partial charge >= 0.3 is 0 Å². The highest BCUT2D eigenvalue weighted by Crippen LogP contribution is 2.20. The number of hydrogen-bond donors (Lipinski definition) is 0. The number of benzene rings is 1. The van der Waals surface area contributed by atoms with Crippen molar-refractivity contribution in [2.24, 2.45) is 0 Å². The Balaban J connectivity index is 1.67. The largest absolute Gasteiger partial charge is 0.496 e. The van der Waals surface area contributed by atoms with Crippen LogP contribution in [0.2, 0.25) is 0 Å². The minimum atomic E-state index is -0.998. The molecule has 1 aromatic heterocycles. The van der Waals surface area contributed by atoms with E-state index in [2.05, 4.69) is 4.98 Å². The topological polar surface area (TPSA) is 62.7 Å². The zero-order valence-electron chi connectivity index (χ0n) is 14.1. The van der Waals surface area contributed by atoms with Crippen molar-refractivity contribution in [3.05, 3.63) is 59.4 Å². The molecule has 0 unspecified atom stereocenters. The highest BCUT2D eigenvalue weighted by molar-refractivity contribution is 5.97. The van der Waals surface area contributed by atoms with Crippen molar-refractivity contribution in [2.45, 2.75) is 0 Å². The van der Waals surface area contributed by atoms with Crippen LogP contribution in [0, 0.1) is 11.6 Å². The number of halogens is 2. The molecule has 1 aromatic carbocycles. The number of rotatable bonds is 3. The minimum Gasteiger partial charge on any atom is -0.496 e. The third-order valence-electron chi connectivity index (χ3n) is 4.20. The zero-order chi connectivity index (χ0) is 18.7. The minimum absolute atomic E-state index is 0.194. The number of methoxy groups -OCH3 is 1. The molecule has 0 atom stereocenters. The SMILES string of the molecule is COc1ccccc1C(=O)N1CCN(C(=O)c2ncc(F)cc2F)CC1. The van der Waals surface area contributed by atoms with Gasteiger partial charge in [-0.3, -0.25) is 9.59 Å². The number of aromatic nitrogens is 1.